The van der Waals surface area contributed by atoms with Crippen LogP contribution in [0.2, 0.25) is 4.47 Å². The quantitative estimate of drug-likeness (QED) is 0.709. The SMILES string of the molecule is Cc1ccccc1NC(=O)CCNC(=O)c1ccc2nc(Cl)sc2c1. The van der Waals surface area contributed by atoms with Gasteiger partial charge < -0.3 is 10.6 Å². The summed E-state index contributed by atoms with van der Waals surface area (Å²) in [6.45, 7) is 2.19. The summed E-state index contributed by atoms with van der Waals surface area (Å²) in [4.78, 5) is 28.3. The Bertz CT molecular complexity index is 939. The Morgan fingerprint density at radius 1 is 1.20 bits per heavy atom. The van der Waals surface area contributed by atoms with E-state index in [1.54, 1.807) is 18.2 Å². The van der Waals surface area contributed by atoms with E-state index < -0.39 is 0 Å². The van der Waals surface area contributed by atoms with Crippen molar-refractivity contribution in [3.8, 4) is 0 Å². The minimum Gasteiger partial charge on any atom is -0.352 e. The molecule has 0 aliphatic carbocycles. The highest BCUT2D eigenvalue weighted by atomic mass is 35.5. The van der Waals surface area contributed by atoms with E-state index in [-0.39, 0.29) is 24.8 Å². The summed E-state index contributed by atoms with van der Waals surface area (Å²) in [5, 5.41) is 5.59. The molecule has 25 heavy (non-hydrogen) atoms. The van der Waals surface area contributed by atoms with E-state index in [9.17, 15) is 9.59 Å². The zero-order chi connectivity index (χ0) is 17.8. The van der Waals surface area contributed by atoms with Crippen LogP contribution in [0.4, 0.5) is 5.69 Å². The first-order valence-electron chi connectivity index (χ1n) is 7.73. The number of carbonyl (C=O) groups excluding carboxylic acids is 2. The minimum atomic E-state index is -0.227. The largest absolute Gasteiger partial charge is 0.352 e. The first kappa shape index (κ1) is 17.4. The number of carbonyl (C=O) groups is 2. The van der Waals surface area contributed by atoms with Gasteiger partial charge in [0.25, 0.3) is 5.91 Å². The number of thiazole rings is 1. The second kappa shape index (κ2) is 7.63. The first-order chi connectivity index (χ1) is 12.0. The van der Waals surface area contributed by atoms with E-state index >= 15 is 0 Å². The molecule has 0 saturated heterocycles. The van der Waals surface area contributed by atoms with Gasteiger partial charge in [-0.05, 0) is 36.8 Å². The topological polar surface area (TPSA) is 71.1 Å². The number of nitrogens with zero attached hydrogens (tertiary/aromatic N) is 1. The fraction of sp³-hybridized carbons (Fsp3) is 0.167. The van der Waals surface area contributed by atoms with Crippen LogP contribution in [0.25, 0.3) is 10.2 Å². The molecular weight excluding hydrogens is 358 g/mol. The number of amides is 2. The van der Waals surface area contributed by atoms with Crippen molar-refractivity contribution < 1.29 is 9.59 Å². The highest BCUT2D eigenvalue weighted by molar-refractivity contribution is 7.22. The van der Waals surface area contributed by atoms with Gasteiger partial charge in [-0.2, -0.15) is 0 Å². The van der Waals surface area contributed by atoms with Gasteiger partial charge in [0.1, 0.15) is 0 Å². The predicted octanol–water partition coefficient (Wildman–Crippen LogP) is 4.02. The summed E-state index contributed by atoms with van der Waals surface area (Å²) >= 11 is 7.20. The number of aryl methyl sites for hydroxylation is 1. The molecule has 2 aromatic carbocycles. The third-order valence-corrected chi connectivity index (χ3v) is 4.80. The van der Waals surface area contributed by atoms with Crippen molar-refractivity contribution in [2.24, 2.45) is 0 Å². The minimum absolute atomic E-state index is 0.140. The lowest BCUT2D eigenvalue weighted by Crippen LogP contribution is -2.27. The van der Waals surface area contributed by atoms with Gasteiger partial charge in [-0.3, -0.25) is 9.59 Å². The Balaban J connectivity index is 1.53. The molecule has 1 aromatic heterocycles. The Labute approximate surface area is 154 Å². The number of rotatable bonds is 5. The highest BCUT2D eigenvalue weighted by Crippen LogP contribution is 2.26. The summed E-state index contributed by atoms with van der Waals surface area (Å²) in [5.74, 6) is -0.366. The summed E-state index contributed by atoms with van der Waals surface area (Å²) in [6.07, 6.45) is 0.203. The van der Waals surface area contributed by atoms with Gasteiger partial charge in [0.05, 0.1) is 10.2 Å². The van der Waals surface area contributed by atoms with Gasteiger partial charge in [-0.15, -0.1) is 11.3 Å². The van der Waals surface area contributed by atoms with Crippen LogP contribution in [0, 0.1) is 6.92 Å². The van der Waals surface area contributed by atoms with Gasteiger partial charge in [-0.1, -0.05) is 29.8 Å². The second-order valence-corrected chi connectivity index (χ2v) is 7.13. The van der Waals surface area contributed by atoms with Crippen molar-refractivity contribution in [3.63, 3.8) is 0 Å². The van der Waals surface area contributed by atoms with E-state index in [2.05, 4.69) is 15.6 Å². The van der Waals surface area contributed by atoms with Crippen LogP contribution in [0.5, 0.6) is 0 Å². The molecule has 0 aliphatic heterocycles. The number of halogens is 1. The Kier molecular flexibility index (Phi) is 5.31. The van der Waals surface area contributed by atoms with Crippen molar-refractivity contribution in [2.45, 2.75) is 13.3 Å². The average molecular weight is 374 g/mol. The van der Waals surface area contributed by atoms with Crippen molar-refractivity contribution in [2.75, 3.05) is 11.9 Å². The molecule has 0 atom stereocenters. The summed E-state index contributed by atoms with van der Waals surface area (Å²) in [6, 6.07) is 12.8. The fourth-order valence-electron chi connectivity index (χ4n) is 2.36. The number of hydrogen-bond acceptors (Lipinski definition) is 4. The molecule has 0 saturated carbocycles. The number of anilines is 1. The monoisotopic (exact) mass is 373 g/mol. The summed E-state index contributed by atoms with van der Waals surface area (Å²) < 4.78 is 1.30. The molecule has 2 amide bonds. The molecule has 0 bridgehead atoms. The molecule has 5 nitrogen and oxygen atoms in total. The highest BCUT2D eigenvalue weighted by Gasteiger charge is 2.10. The van der Waals surface area contributed by atoms with Crippen LogP contribution in [0.1, 0.15) is 22.3 Å². The molecule has 0 radical (unpaired) electrons. The van der Waals surface area contributed by atoms with Crippen molar-refractivity contribution in [1.29, 1.82) is 0 Å². The number of fused-ring (bicyclic) bond motifs is 1. The number of benzene rings is 2. The molecule has 3 rings (SSSR count). The maximum absolute atomic E-state index is 12.2. The molecule has 0 spiro atoms. The molecule has 128 valence electrons. The first-order valence-corrected chi connectivity index (χ1v) is 8.92. The smallest absolute Gasteiger partial charge is 0.251 e. The molecule has 0 aliphatic rings. The van der Waals surface area contributed by atoms with E-state index in [1.807, 2.05) is 31.2 Å². The van der Waals surface area contributed by atoms with Crippen molar-refractivity contribution >= 4 is 50.7 Å². The Hall–Kier alpha value is -2.44. The van der Waals surface area contributed by atoms with Gasteiger partial charge in [0.2, 0.25) is 5.91 Å². The molecule has 0 unspecified atom stereocenters. The molecule has 1 heterocycles. The Morgan fingerprint density at radius 3 is 2.80 bits per heavy atom. The predicted molar refractivity (Wildman–Crippen MR) is 101 cm³/mol. The third kappa shape index (κ3) is 4.35. The molecule has 7 heteroatoms. The maximum Gasteiger partial charge on any atom is 0.251 e. The van der Waals surface area contributed by atoms with Crippen LogP contribution in [0.15, 0.2) is 42.5 Å². The molecule has 0 fully saturated rings. The van der Waals surface area contributed by atoms with E-state index in [0.717, 1.165) is 21.5 Å². The molecule has 3 aromatic rings. The zero-order valence-corrected chi connectivity index (χ0v) is 15.1. The van der Waals surface area contributed by atoms with E-state index in [0.29, 0.717) is 10.0 Å². The third-order valence-electron chi connectivity index (χ3n) is 3.68. The maximum atomic E-state index is 12.2. The lowest BCUT2D eigenvalue weighted by molar-refractivity contribution is -0.116. The van der Waals surface area contributed by atoms with Gasteiger partial charge >= 0.3 is 0 Å². The normalized spacial score (nSPS) is 10.6. The number of hydrogen-bond donors (Lipinski definition) is 2. The van der Waals surface area contributed by atoms with Crippen LogP contribution >= 0.6 is 22.9 Å². The van der Waals surface area contributed by atoms with Crippen molar-refractivity contribution in [1.82, 2.24) is 10.3 Å². The summed E-state index contributed by atoms with van der Waals surface area (Å²) in [5.41, 5.74) is 3.07. The second-order valence-electron chi connectivity index (χ2n) is 5.52. The number of aromatic nitrogens is 1. The number of nitrogens with one attached hydrogen (secondary N) is 2. The van der Waals surface area contributed by atoms with Gasteiger partial charge in [-0.25, -0.2) is 4.98 Å². The van der Waals surface area contributed by atoms with E-state index in [4.69, 9.17) is 11.6 Å². The fourth-order valence-corrected chi connectivity index (χ4v) is 3.43. The number of para-hydroxylation sites is 1. The van der Waals surface area contributed by atoms with Crippen LogP contribution in [-0.2, 0) is 4.79 Å². The summed E-state index contributed by atoms with van der Waals surface area (Å²) in [7, 11) is 0. The Morgan fingerprint density at radius 2 is 2.00 bits per heavy atom. The lowest BCUT2D eigenvalue weighted by atomic mass is 10.2. The standard InChI is InChI=1S/C18H16ClN3O2S/c1-11-4-2-3-5-13(11)21-16(23)8-9-20-17(24)12-6-7-14-15(10-12)25-18(19)22-14/h2-7,10H,8-9H2,1H3,(H,20,24)(H,21,23). The van der Waals surface area contributed by atoms with Crippen LogP contribution < -0.4 is 10.6 Å². The van der Waals surface area contributed by atoms with Crippen LogP contribution in [-0.4, -0.2) is 23.3 Å². The molecule has 2 N–H and O–H groups in total. The van der Waals surface area contributed by atoms with Crippen LogP contribution in [0.3, 0.4) is 0 Å². The zero-order valence-electron chi connectivity index (χ0n) is 13.5. The molecular formula is C18H16ClN3O2S. The average Bonchev–Trinajstić information content (AvgIpc) is 2.96. The van der Waals surface area contributed by atoms with E-state index in [1.165, 1.54) is 11.3 Å². The lowest BCUT2D eigenvalue weighted by Gasteiger charge is -2.09. The van der Waals surface area contributed by atoms with Gasteiger partial charge in [0.15, 0.2) is 4.47 Å². The van der Waals surface area contributed by atoms with Gasteiger partial charge in [0, 0.05) is 24.2 Å². The van der Waals surface area contributed by atoms with Crippen molar-refractivity contribution in [3.05, 3.63) is 58.1 Å².